The summed E-state index contributed by atoms with van der Waals surface area (Å²) in [7, 11) is 0. The summed E-state index contributed by atoms with van der Waals surface area (Å²) >= 11 is 0. The van der Waals surface area contributed by atoms with Gasteiger partial charge in [-0.15, -0.1) is 0 Å². The minimum atomic E-state index is -0.0617. The van der Waals surface area contributed by atoms with Gasteiger partial charge in [0.05, 0.1) is 0 Å². The van der Waals surface area contributed by atoms with Crippen LogP contribution >= 0.6 is 0 Å². The van der Waals surface area contributed by atoms with Gasteiger partial charge in [0, 0.05) is 17.8 Å². The Morgan fingerprint density at radius 1 is 1.43 bits per heavy atom. The molecule has 0 bridgehead atoms. The predicted molar refractivity (Wildman–Crippen MR) is 57.1 cm³/mol. The molecule has 0 saturated carbocycles. The fourth-order valence-electron chi connectivity index (χ4n) is 2.24. The first-order chi connectivity index (χ1) is 6.70. The average molecular weight is 193 g/mol. The van der Waals surface area contributed by atoms with Crippen LogP contribution < -0.4 is 5.32 Å². The molecule has 14 heavy (non-hydrogen) atoms. The molecule has 76 valence electrons. The Kier molecular flexibility index (Phi) is 2.44. The van der Waals surface area contributed by atoms with Crippen LogP contribution in [0.5, 0.6) is 0 Å². The van der Waals surface area contributed by atoms with E-state index in [-0.39, 0.29) is 5.82 Å². The Morgan fingerprint density at radius 3 is 2.93 bits per heavy atom. The van der Waals surface area contributed by atoms with E-state index in [4.69, 9.17) is 0 Å². The highest BCUT2D eigenvalue weighted by Gasteiger charge is 2.25. The first-order valence-electron chi connectivity index (χ1n) is 5.22. The highest BCUT2D eigenvalue weighted by molar-refractivity contribution is 5.55. The summed E-state index contributed by atoms with van der Waals surface area (Å²) < 4.78 is 13.6. The van der Waals surface area contributed by atoms with Crippen molar-refractivity contribution in [2.75, 3.05) is 11.9 Å². The second kappa shape index (κ2) is 3.60. The first-order valence-corrected chi connectivity index (χ1v) is 5.22. The Labute approximate surface area is 84.3 Å². The highest BCUT2D eigenvalue weighted by atomic mass is 19.1. The molecule has 1 aromatic rings. The van der Waals surface area contributed by atoms with Crippen LogP contribution in [0, 0.1) is 11.7 Å². The topological polar surface area (TPSA) is 12.0 Å². The van der Waals surface area contributed by atoms with E-state index in [1.165, 1.54) is 0 Å². The second-order valence-corrected chi connectivity index (χ2v) is 4.27. The molecule has 0 saturated heterocycles. The molecule has 1 unspecified atom stereocenters. The predicted octanol–water partition coefficient (Wildman–Crippen LogP) is 3.38. The maximum atomic E-state index is 13.6. The van der Waals surface area contributed by atoms with Gasteiger partial charge < -0.3 is 5.32 Å². The smallest absolute Gasteiger partial charge is 0.128 e. The van der Waals surface area contributed by atoms with E-state index in [1.54, 1.807) is 12.1 Å². The molecule has 1 heterocycles. The maximum absolute atomic E-state index is 13.6. The number of anilines is 1. The lowest BCUT2D eigenvalue weighted by Gasteiger charge is -2.29. The van der Waals surface area contributed by atoms with Crippen molar-refractivity contribution in [2.24, 2.45) is 5.92 Å². The van der Waals surface area contributed by atoms with Gasteiger partial charge in [0.2, 0.25) is 0 Å². The Balaban J connectivity index is 2.47. The van der Waals surface area contributed by atoms with Crippen molar-refractivity contribution in [3.05, 3.63) is 29.6 Å². The van der Waals surface area contributed by atoms with Gasteiger partial charge in [-0.2, -0.15) is 0 Å². The molecule has 0 radical (unpaired) electrons. The Hall–Kier alpha value is -1.05. The molecular weight excluding hydrogens is 177 g/mol. The van der Waals surface area contributed by atoms with E-state index >= 15 is 0 Å². The van der Waals surface area contributed by atoms with E-state index in [9.17, 15) is 4.39 Å². The van der Waals surface area contributed by atoms with Gasteiger partial charge in [-0.3, -0.25) is 0 Å². The fraction of sp³-hybridized carbons (Fsp3) is 0.500. The van der Waals surface area contributed by atoms with Crippen LogP contribution in [0.3, 0.4) is 0 Å². The Bertz CT molecular complexity index is 333. The van der Waals surface area contributed by atoms with E-state index in [1.807, 2.05) is 6.07 Å². The SMILES string of the molecule is CC(C)C1CCNc2cccc(F)c21. The molecule has 1 aromatic carbocycles. The third kappa shape index (κ3) is 1.49. The van der Waals surface area contributed by atoms with E-state index in [0.717, 1.165) is 24.2 Å². The molecule has 1 N–H and O–H groups in total. The zero-order chi connectivity index (χ0) is 10.1. The summed E-state index contributed by atoms with van der Waals surface area (Å²) in [5.74, 6) is 0.814. The molecule has 1 aliphatic rings. The van der Waals surface area contributed by atoms with Gasteiger partial charge in [-0.1, -0.05) is 19.9 Å². The van der Waals surface area contributed by atoms with Crippen molar-refractivity contribution >= 4 is 5.69 Å². The summed E-state index contributed by atoms with van der Waals surface area (Å²) in [5, 5.41) is 3.25. The number of halogens is 1. The summed E-state index contributed by atoms with van der Waals surface area (Å²) in [5.41, 5.74) is 1.86. The molecule has 0 spiro atoms. The number of nitrogens with one attached hydrogen (secondary N) is 1. The molecule has 2 rings (SSSR count). The van der Waals surface area contributed by atoms with Crippen LogP contribution in [0.4, 0.5) is 10.1 Å². The maximum Gasteiger partial charge on any atom is 0.128 e. The number of benzene rings is 1. The van der Waals surface area contributed by atoms with Crippen LogP contribution in [0.2, 0.25) is 0 Å². The molecule has 1 aliphatic heterocycles. The lowest BCUT2D eigenvalue weighted by molar-refractivity contribution is 0.447. The van der Waals surface area contributed by atoms with Crippen LogP contribution in [-0.2, 0) is 0 Å². The van der Waals surface area contributed by atoms with Crippen molar-refractivity contribution in [1.29, 1.82) is 0 Å². The van der Waals surface area contributed by atoms with Crippen molar-refractivity contribution in [2.45, 2.75) is 26.2 Å². The van der Waals surface area contributed by atoms with Gasteiger partial charge in [0.25, 0.3) is 0 Å². The minimum Gasteiger partial charge on any atom is -0.385 e. The highest BCUT2D eigenvalue weighted by Crippen LogP contribution is 2.37. The number of hydrogen-bond acceptors (Lipinski definition) is 1. The van der Waals surface area contributed by atoms with Gasteiger partial charge in [0.1, 0.15) is 5.82 Å². The zero-order valence-electron chi connectivity index (χ0n) is 8.68. The third-order valence-electron chi connectivity index (χ3n) is 3.00. The monoisotopic (exact) mass is 193 g/mol. The van der Waals surface area contributed by atoms with Crippen molar-refractivity contribution in [1.82, 2.24) is 0 Å². The molecule has 0 amide bonds. The van der Waals surface area contributed by atoms with Crippen molar-refractivity contribution in [3.63, 3.8) is 0 Å². The van der Waals surface area contributed by atoms with Crippen LogP contribution in [0.1, 0.15) is 31.7 Å². The standard InChI is InChI=1S/C12H16FN/c1-8(2)9-6-7-14-11-5-3-4-10(13)12(9)11/h3-5,8-9,14H,6-7H2,1-2H3. The van der Waals surface area contributed by atoms with E-state index in [0.29, 0.717) is 11.8 Å². The molecule has 0 fully saturated rings. The van der Waals surface area contributed by atoms with Gasteiger partial charge in [0.15, 0.2) is 0 Å². The second-order valence-electron chi connectivity index (χ2n) is 4.27. The zero-order valence-corrected chi connectivity index (χ0v) is 8.68. The lowest BCUT2D eigenvalue weighted by atomic mass is 9.82. The molecular formula is C12H16FN. The number of rotatable bonds is 1. The summed E-state index contributed by atoms with van der Waals surface area (Å²) in [6, 6.07) is 5.29. The number of fused-ring (bicyclic) bond motifs is 1. The summed E-state index contributed by atoms with van der Waals surface area (Å²) in [4.78, 5) is 0. The van der Waals surface area contributed by atoms with Gasteiger partial charge in [-0.25, -0.2) is 4.39 Å². The largest absolute Gasteiger partial charge is 0.385 e. The molecule has 0 aliphatic carbocycles. The Morgan fingerprint density at radius 2 is 2.21 bits per heavy atom. The molecule has 2 heteroatoms. The number of hydrogen-bond donors (Lipinski definition) is 1. The van der Waals surface area contributed by atoms with Crippen molar-refractivity contribution < 1.29 is 4.39 Å². The van der Waals surface area contributed by atoms with Crippen LogP contribution in [0.15, 0.2) is 18.2 Å². The lowest BCUT2D eigenvalue weighted by Crippen LogP contribution is -2.21. The summed E-state index contributed by atoms with van der Waals surface area (Å²) in [6.45, 7) is 5.28. The van der Waals surface area contributed by atoms with E-state index < -0.39 is 0 Å². The normalized spacial score (nSPS) is 20.4. The first kappa shape index (κ1) is 9.50. The van der Waals surface area contributed by atoms with E-state index in [2.05, 4.69) is 19.2 Å². The molecule has 0 aromatic heterocycles. The van der Waals surface area contributed by atoms with Crippen LogP contribution in [0.25, 0.3) is 0 Å². The minimum absolute atomic E-state index is 0.0617. The average Bonchev–Trinajstić information content (AvgIpc) is 2.17. The fourth-order valence-corrected chi connectivity index (χ4v) is 2.24. The third-order valence-corrected chi connectivity index (χ3v) is 3.00. The van der Waals surface area contributed by atoms with Crippen LogP contribution in [-0.4, -0.2) is 6.54 Å². The van der Waals surface area contributed by atoms with Gasteiger partial charge in [-0.05, 0) is 30.4 Å². The van der Waals surface area contributed by atoms with Gasteiger partial charge >= 0.3 is 0 Å². The summed E-state index contributed by atoms with van der Waals surface area (Å²) in [6.07, 6.45) is 1.03. The molecule has 1 atom stereocenters. The van der Waals surface area contributed by atoms with Crippen molar-refractivity contribution in [3.8, 4) is 0 Å². The quantitative estimate of drug-likeness (QED) is 0.721. The molecule has 1 nitrogen and oxygen atoms in total.